The van der Waals surface area contributed by atoms with Gasteiger partial charge in [0, 0.05) is 11.7 Å². The zero-order valence-corrected chi connectivity index (χ0v) is 10.1. The summed E-state index contributed by atoms with van der Waals surface area (Å²) in [5, 5.41) is 3.43. The first-order chi connectivity index (χ1) is 7.04. The van der Waals surface area contributed by atoms with Crippen molar-refractivity contribution in [2.24, 2.45) is 5.92 Å². The average molecular weight is 230 g/mol. The highest BCUT2D eigenvalue weighted by Crippen LogP contribution is 2.20. The minimum absolute atomic E-state index is 0.164. The maximum absolute atomic E-state index is 13.1. The van der Waals surface area contributed by atoms with Crippen LogP contribution in [0.1, 0.15) is 27.2 Å². The highest BCUT2D eigenvalue weighted by molar-refractivity contribution is 6.30. The summed E-state index contributed by atoms with van der Waals surface area (Å²) in [6, 6.07) is 5.13. The summed E-state index contributed by atoms with van der Waals surface area (Å²) >= 11 is 5.60. The van der Waals surface area contributed by atoms with Crippen LogP contribution in [0.25, 0.3) is 0 Å². The smallest absolute Gasteiger partial charge is 0.143 e. The molecule has 0 aliphatic rings. The van der Waals surface area contributed by atoms with E-state index in [4.69, 9.17) is 11.6 Å². The molecule has 1 nitrogen and oxygen atoms in total. The maximum atomic E-state index is 13.1. The van der Waals surface area contributed by atoms with Crippen molar-refractivity contribution in [3.05, 3.63) is 29.0 Å². The van der Waals surface area contributed by atoms with Crippen LogP contribution >= 0.6 is 11.6 Å². The third-order valence-corrected chi connectivity index (χ3v) is 3.12. The molecule has 2 atom stereocenters. The van der Waals surface area contributed by atoms with Crippen LogP contribution in [0.3, 0.4) is 0 Å². The lowest BCUT2D eigenvalue weighted by Crippen LogP contribution is -2.23. The second-order valence-corrected chi connectivity index (χ2v) is 4.35. The van der Waals surface area contributed by atoms with Gasteiger partial charge in [0.1, 0.15) is 5.82 Å². The van der Waals surface area contributed by atoms with E-state index in [2.05, 4.69) is 26.1 Å². The monoisotopic (exact) mass is 229 g/mol. The summed E-state index contributed by atoms with van der Waals surface area (Å²) in [6.45, 7) is 6.41. The molecule has 2 unspecified atom stereocenters. The summed E-state index contributed by atoms with van der Waals surface area (Å²) in [5.41, 5.74) is 0.782. The van der Waals surface area contributed by atoms with E-state index in [1.807, 2.05) is 0 Å². The average Bonchev–Trinajstić information content (AvgIpc) is 2.22. The Bertz CT molecular complexity index is 327. The second-order valence-electron chi connectivity index (χ2n) is 3.95. The molecule has 1 aromatic carbocycles. The molecule has 84 valence electrons. The van der Waals surface area contributed by atoms with Gasteiger partial charge in [0.05, 0.1) is 5.02 Å². The summed E-state index contributed by atoms with van der Waals surface area (Å²) in [7, 11) is 0. The summed E-state index contributed by atoms with van der Waals surface area (Å²) in [4.78, 5) is 0. The zero-order chi connectivity index (χ0) is 11.4. The Morgan fingerprint density at radius 1 is 1.40 bits per heavy atom. The predicted molar refractivity (Wildman–Crippen MR) is 63.9 cm³/mol. The van der Waals surface area contributed by atoms with Gasteiger partial charge in [0.2, 0.25) is 0 Å². The lowest BCUT2D eigenvalue weighted by Gasteiger charge is -2.21. The van der Waals surface area contributed by atoms with Gasteiger partial charge in [0.25, 0.3) is 0 Å². The Morgan fingerprint density at radius 3 is 2.60 bits per heavy atom. The molecule has 0 amide bonds. The molecule has 0 aromatic heterocycles. The molecule has 0 aliphatic carbocycles. The van der Waals surface area contributed by atoms with Gasteiger partial charge >= 0.3 is 0 Å². The third kappa shape index (κ3) is 3.38. The third-order valence-electron chi connectivity index (χ3n) is 2.81. The number of benzene rings is 1. The fourth-order valence-corrected chi connectivity index (χ4v) is 1.46. The normalized spacial score (nSPS) is 14.7. The van der Waals surface area contributed by atoms with Crippen LogP contribution in [0.4, 0.5) is 10.1 Å². The fourth-order valence-electron chi connectivity index (χ4n) is 1.34. The van der Waals surface area contributed by atoms with E-state index >= 15 is 0 Å². The Kier molecular flexibility index (Phi) is 4.40. The van der Waals surface area contributed by atoms with Gasteiger partial charge in [-0.2, -0.15) is 0 Å². The van der Waals surface area contributed by atoms with E-state index in [0.29, 0.717) is 12.0 Å². The van der Waals surface area contributed by atoms with E-state index in [1.165, 1.54) is 6.07 Å². The first-order valence-electron chi connectivity index (χ1n) is 5.26. The lowest BCUT2D eigenvalue weighted by atomic mass is 10.0. The van der Waals surface area contributed by atoms with Crippen molar-refractivity contribution in [1.29, 1.82) is 0 Å². The van der Waals surface area contributed by atoms with Crippen molar-refractivity contribution in [2.75, 3.05) is 5.32 Å². The molecule has 15 heavy (non-hydrogen) atoms. The molecule has 0 radical (unpaired) electrons. The Balaban J connectivity index is 2.68. The number of nitrogens with one attached hydrogen (secondary N) is 1. The molecule has 1 rings (SSSR count). The van der Waals surface area contributed by atoms with Gasteiger partial charge in [-0.3, -0.25) is 0 Å². The molecule has 0 bridgehead atoms. The van der Waals surface area contributed by atoms with Crippen LogP contribution in [0.15, 0.2) is 18.2 Å². The van der Waals surface area contributed by atoms with Crippen molar-refractivity contribution in [3.63, 3.8) is 0 Å². The molecule has 1 N–H and O–H groups in total. The SMILES string of the molecule is CCC(C)C(C)Nc1ccc(Cl)c(F)c1. The van der Waals surface area contributed by atoms with Crippen molar-refractivity contribution in [1.82, 2.24) is 0 Å². The minimum atomic E-state index is -0.377. The van der Waals surface area contributed by atoms with Crippen LogP contribution < -0.4 is 5.32 Å². The van der Waals surface area contributed by atoms with E-state index in [0.717, 1.165) is 12.1 Å². The molecular weight excluding hydrogens is 213 g/mol. The van der Waals surface area contributed by atoms with E-state index in [1.54, 1.807) is 12.1 Å². The van der Waals surface area contributed by atoms with Gasteiger partial charge in [-0.05, 0) is 31.0 Å². The Labute approximate surface area is 95.6 Å². The van der Waals surface area contributed by atoms with Crippen LogP contribution in [-0.4, -0.2) is 6.04 Å². The molecule has 0 saturated carbocycles. The van der Waals surface area contributed by atoms with Crippen LogP contribution in [0.2, 0.25) is 5.02 Å². The molecule has 0 aliphatic heterocycles. The highest BCUT2D eigenvalue weighted by Gasteiger charge is 2.10. The fraction of sp³-hybridized carbons (Fsp3) is 0.500. The largest absolute Gasteiger partial charge is 0.382 e. The maximum Gasteiger partial charge on any atom is 0.143 e. The summed E-state index contributed by atoms with van der Waals surface area (Å²) in [6.07, 6.45) is 1.10. The number of anilines is 1. The highest BCUT2D eigenvalue weighted by atomic mass is 35.5. The standard InChI is InChI=1S/C12H17ClFN/c1-4-8(2)9(3)15-10-5-6-11(13)12(14)7-10/h5-9,15H,4H2,1-3H3. The molecule has 0 spiro atoms. The van der Waals surface area contributed by atoms with Crippen LogP contribution in [-0.2, 0) is 0 Å². The molecule has 0 fully saturated rings. The summed E-state index contributed by atoms with van der Waals surface area (Å²) in [5.74, 6) is 0.182. The van der Waals surface area contributed by atoms with Gasteiger partial charge in [0.15, 0.2) is 0 Å². The van der Waals surface area contributed by atoms with Crippen molar-refractivity contribution < 1.29 is 4.39 Å². The Morgan fingerprint density at radius 2 is 2.07 bits per heavy atom. The summed E-state index contributed by atoms with van der Waals surface area (Å²) < 4.78 is 13.1. The molecule has 1 aromatic rings. The number of hydrogen-bond acceptors (Lipinski definition) is 1. The molecule has 0 heterocycles. The van der Waals surface area contributed by atoms with E-state index in [9.17, 15) is 4.39 Å². The van der Waals surface area contributed by atoms with Crippen molar-refractivity contribution >= 4 is 17.3 Å². The number of halogens is 2. The first kappa shape index (κ1) is 12.3. The first-order valence-corrected chi connectivity index (χ1v) is 5.64. The van der Waals surface area contributed by atoms with Crippen LogP contribution in [0, 0.1) is 11.7 Å². The number of hydrogen-bond donors (Lipinski definition) is 1. The van der Waals surface area contributed by atoms with Gasteiger partial charge in [-0.1, -0.05) is 31.9 Å². The second kappa shape index (κ2) is 5.36. The molecule has 3 heteroatoms. The number of rotatable bonds is 4. The van der Waals surface area contributed by atoms with Gasteiger partial charge < -0.3 is 5.32 Å². The topological polar surface area (TPSA) is 12.0 Å². The van der Waals surface area contributed by atoms with E-state index < -0.39 is 0 Å². The van der Waals surface area contributed by atoms with Gasteiger partial charge in [-0.15, -0.1) is 0 Å². The molecule has 0 saturated heterocycles. The predicted octanol–water partition coefficient (Wildman–Crippen LogP) is 4.33. The van der Waals surface area contributed by atoms with Crippen molar-refractivity contribution in [2.45, 2.75) is 33.2 Å². The van der Waals surface area contributed by atoms with Crippen molar-refractivity contribution in [3.8, 4) is 0 Å². The molecular formula is C12H17ClFN. The zero-order valence-electron chi connectivity index (χ0n) is 9.35. The lowest BCUT2D eigenvalue weighted by molar-refractivity contribution is 0.494. The Hall–Kier alpha value is -0.760. The van der Waals surface area contributed by atoms with Crippen LogP contribution in [0.5, 0.6) is 0 Å². The van der Waals surface area contributed by atoms with Gasteiger partial charge in [-0.25, -0.2) is 4.39 Å². The quantitative estimate of drug-likeness (QED) is 0.811. The minimum Gasteiger partial charge on any atom is -0.382 e. The van der Waals surface area contributed by atoms with E-state index in [-0.39, 0.29) is 10.8 Å².